The van der Waals surface area contributed by atoms with Crippen molar-refractivity contribution in [2.75, 3.05) is 51.3 Å². The SMILES string of the molecule is CCNC(=NCCCSC)N1CCN(Cc2cc(C)on2)CC1.I. The predicted octanol–water partition coefficient (Wildman–Crippen LogP) is 2.44. The highest BCUT2D eigenvalue weighted by Gasteiger charge is 2.20. The third-order valence-electron chi connectivity index (χ3n) is 3.84. The number of hydrogen-bond donors (Lipinski definition) is 1. The molecule has 1 aliphatic rings. The van der Waals surface area contributed by atoms with Gasteiger partial charge in [-0.05, 0) is 32.3 Å². The maximum atomic E-state index is 5.14. The molecule has 24 heavy (non-hydrogen) atoms. The van der Waals surface area contributed by atoms with Gasteiger partial charge in [-0.3, -0.25) is 9.89 Å². The van der Waals surface area contributed by atoms with Crippen LogP contribution in [0.3, 0.4) is 0 Å². The van der Waals surface area contributed by atoms with E-state index in [9.17, 15) is 0 Å². The predicted molar refractivity (Wildman–Crippen MR) is 112 cm³/mol. The summed E-state index contributed by atoms with van der Waals surface area (Å²) in [6, 6.07) is 2.02. The summed E-state index contributed by atoms with van der Waals surface area (Å²) >= 11 is 1.88. The normalized spacial score (nSPS) is 16.1. The van der Waals surface area contributed by atoms with E-state index in [4.69, 9.17) is 9.52 Å². The van der Waals surface area contributed by atoms with Crippen molar-refractivity contribution < 1.29 is 4.52 Å². The van der Waals surface area contributed by atoms with Crippen LogP contribution in [0.1, 0.15) is 24.8 Å². The van der Waals surface area contributed by atoms with E-state index in [0.717, 1.165) is 69.6 Å². The lowest BCUT2D eigenvalue weighted by Gasteiger charge is -2.36. The highest BCUT2D eigenvalue weighted by atomic mass is 127. The van der Waals surface area contributed by atoms with Crippen molar-refractivity contribution in [3.05, 3.63) is 17.5 Å². The monoisotopic (exact) mass is 467 g/mol. The molecule has 1 N–H and O–H groups in total. The third kappa shape index (κ3) is 7.18. The van der Waals surface area contributed by atoms with Crippen LogP contribution in [0.2, 0.25) is 0 Å². The summed E-state index contributed by atoms with van der Waals surface area (Å²) in [7, 11) is 0. The van der Waals surface area contributed by atoms with Gasteiger partial charge in [-0.2, -0.15) is 11.8 Å². The fourth-order valence-electron chi connectivity index (χ4n) is 2.66. The molecular formula is C16H30IN5OS. The van der Waals surface area contributed by atoms with E-state index >= 15 is 0 Å². The standard InChI is InChI=1S/C16H29N5OS.HI/c1-4-17-16(18-6-5-11-23-3)21-9-7-20(8-10-21)13-15-12-14(2)22-19-15;/h12H,4-11,13H2,1-3H3,(H,17,18);1H. The van der Waals surface area contributed by atoms with Crippen molar-refractivity contribution in [1.82, 2.24) is 20.3 Å². The Morgan fingerprint density at radius 3 is 2.71 bits per heavy atom. The molecule has 2 heterocycles. The lowest BCUT2D eigenvalue weighted by atomic mass is 10.3. The van der Waals surface area contributed by atoms with Crippen LogP contribution in [-0.2, 0) is 6.54 Å². The number of halogens is 1. The molecule has 0 amide bonds. The molecule has 0 spiro atoms. The Labute approximate surface area is 166 Å². The van der Waals surface area contributed by atoms with E-state index in [1.54, 1.807) is 0 Å². The molecule has 0 aromatic carbocycles. The highest BCUT2D eigenvalue weighted by Crippen LogP contribution is 2.09. The number of aromatic nitrogens is 1. The Bertz CT molecular complexity index is 489. The molecule has 1 aromatic heterocycles. The number of hydrogen-bond acceptors (Lipinski definition) is 5. The zero-order chi connectivity index (χ0) is 16.5. The van der Waals surface area contributed by atoms with Gasteiger partial charge in [0.1, 0.15) is 5.76 Å². The number of piperazine rings is 1. The maximum absolute atomic E-state index is 5.14. The van der Waals surface area contributed by atoms with Gasteiger partial charge < -0.3 is 14.7 Å². The Morgan fingerprint density at radius 1 is 1.38 bits per heavy atom. The summed E-state index contributed by atoms with van der Waals surface area (Å²) in [5, 5.41) is 7.50. The second-order valence-electron chi connectivity index (χ2n) is 5.77. The van der Waals surface area contributed by atoms with Gasteiger partial charge in [0.25, 0.3) is 0 Å². The first kappa shape index (κ1) is 21.6. The third-order valence-corrected chi connectivity index (χ3v) is 4.53. The van der Waals surface area contributed by atoms with Crippen LogP contribution in [0.5, 0.6) is 0 Å². The van der Waals surface area contributed by atoms with E-state index in [1.165, 1.54) is 5.75 Å². The molecule has 138 valence electrons. The molecule has 0 bridgehead atoms. The van der Waals surface area contributed by atoms with Crippen molar-refractivity contribution in [1.29, 1.82) is 0 Å². The fourth-order valence-corrected chi connectivity index (χ4v) is 3.08. The lowest BCUT2D eigenvalue weighted by molar-refractivity contribution is 0.169. The maximum Gasteiger partial charge on any atom is 0.194 e. The smallest absolute Gasteiger partial charge is 0.194 e. The van der Waals surface area contributed by atoms with Crippen molar-refractivity contribution in [2.24, 2.45) is 4.99 Å². The molecule has 1 aromatic rings. The minimum atomic E-state index is 0. The van der Waals surface area contributed by atoms with Crippen LogP contribution in [-0.4, -0.2) is 72.2 Å². The topological polar surface area (TPSA) is 56.9 Å². The van der Waals surface area contributed by atoms with Crippen molar-refractivity contribution in [3.63, 3.8) is 0 Å². The summed E-state index contributed by atoms with van der Waals surface area (Å²) in [5.41, 5.74) is 1.02. The molecule has 2 rings (SSSR count). The number of nitrogens with zero attached hydrogens (tertiary/aromatic N) is 4. The summed E-state index contributed by atoms with van der Waals surface area (Å²) in [6.07, 6.45) is 3.28. The van der Waals surface area contributed by atoms with Crippen LogP contribution < -0.4 is 5.32 Å². The molecule has 1 aliphatic heterocycles. The zero-order valence-corrected chi connectivity index (χ0v) is 18.1. The van der Waals surface area contributed by atoms with Gasteiger partial charge in [-0.1, -0.05) is 5.16 Å². The van der Waals surface area contributed by atoms with Crippen LogP contribution >= 0.6 is 35.7 Å². The van der Waals surface area contributed by atoms with Crippen LogP contribution in [0.15, 0.2) is 15.6 Å². The highest BCUT2D eigenvalue weighted by molar-refractivity contribution is 14.0. The average Bonchev–Trinajstić information content (AvgIpc) is 2.96. The number of aliphatic imine (C=N–C) groups is 1. The number of thioether (sulfide) groups is 1. The number of nitrogens with one attached hydrogen (secondary N) is 1. The molecule has 0 atom stereocenters. The first-order chi connectivity index (χ1) is 11.2. The van der Waals surface area contributed by atoms with Gasteiger partial charge in [0.05, 0.1) is 5.69 Å². The Hall–Kier alpha value is -0.480. The molecule has 0 radical (unpaired) electrons. The average molecular weight is 467 g/mol. The molecule has 1 saturated heterocycles. The van der Waals surface area contributed by atoms with Gasteiger partial charge in [-0.15, -0.1) is 24.0 Å². The largest absolute Gasteiger partial charge is 0.361 e. The Kier molecular flexibility index (Phi) is 10.8. The van der Waals surface area contributed by atoms with E-state index in [2.05, 4.69) is 33.5 Å². The van der Waals surface area contributed by atoms with Crippen molar-refractivity contribution >= 4 is 41.7 Å². The number of rotatable bonds is 7. The molecule has 8 heteroatoms. The lowest BCUT2D eigenvalue weighted by Crippen LogP contribution is -2.52. The van der Waals surface area contributed by atoms with Crippen LogP contribution in [0.25, 0.3) is 0 Å². The van der Waals surface area contributed by atoms with Gasteiger partial charge in [0, 0.05) is 51.9 Å². The quantitative estimate of drug-likeness (QED) is 0.288. The van der Waals surface area contributed by atoms with Crippen LogP contribution in [0.4, 0.5) is 0 Å². The zero-order valence-electron chi connectivity index (χ0n) is 15.0. The molecular weight excluding hydrogens is 437 g/mol. The van der Waals surface area contributed by atoms with E-state index in [0.29, 0.717) is 0 Å². The molecule has 0 aliphatic carbocycles. The van der Waals surface area contributed by atoms with Gasteiger partial charge >= 0.3 is 0 Å². The van der Waals surface area contributed by atoms with E-state index in [1.807, 2.05) is 24.8 Å². The van der Waals surface area contributed by atoms with Gasteiger partial charge in [-0.25, -0.2) is 0 Å². The van der Waals surface area contributed by atoms with Crippen LogP contribution in [0, 0.1) is 6.92 Å². The van der Waals surface area contributed by atoms with Crippen molar-refractivity contribution in [3.8, 4) is 0 Å². The molecule has 0 saturated carbocycles. The van der Waals surface area contributed by atoms with E-state index in [-0.39, 0.29) is 24.0 Å². The summed E-state index contributed by atoms with van der Waals surface area (Å²) < 4.78 is 5.14. The first-order valence-electron chi connectivity index (χ1n) is 8.39. The molecule has 0 unspecified atom stereocenters. The fraction of sp³-hybridized carbons (Fsp3) is 0.750. The van der Waals surface area contributed by atoms with Gasteiger partial charge in [0.15, 0.2) is 5.96 Å². The first-order valence-corrected chi connectivity index (χ1v) is 9.79. The number of guanidine groups is 1. The minimum absolute atomic E-state index is 0. The van der Waals surface area contributed by atoms with Crippen molar-refractivity contribution in [2.45, 2.75) is 26.8 Å². The van der Waals surface area contributed by atoms with E-state index < -0.39 is 0 Å². The molecule has 1 fully saturated rings. The second-order valence-corrected chi connectivity index (χ2v) is 6.76. The summed E-state index contributed by atoms with van der Waals surface area (Å²) in [5.74, 6) is 3.12. The summed E-state index contributed by atoms with van der Waals surface area (Å²) in [4.78, 5) is 9.55. The number of aryl methyl sites for hydroxylation is 1. The second kappa shape index (κ2) is 12.0. The Balaban J connectivity index is 0.00000288. The van der Waals surface area contributed by atoms with Gasteiger partial charge in [0.2, 0.25) is 0 Å². The molecule has 6 nitrogen and oxygen atoms in total. The minimum Gasteiger partial charge on any atom is -0.361 e. The Morgan fingerprint density at radius 2 is 2.12 bits per heavy atom. The summed E-state index contributed by atoms with van der Waals surface area (Å²) in [6.45, 7) is 10.8.